The van der Waals surface area contributed by atoms with Crippen molar-refractivity contribution in [3.63, 3.8) is 0 Å². The molecule has 1 N–H and O–H groups in total. The molecule has 0 fully saturated rings. The Morgan fingerprint density at radius 3 is 1.48 bits per heavy atom. The predicted octanol–water partition coefficient (Wildman–Crippen LogP) is 9.24. The number of hydrogen-bond acceptors (Lipinski definition) is 2. The number of hydrogen-bond donors (Lipinski definition) is 1. The van der Waals surface area contributed by atoms with Crippen molar-refractivity contribution in [2.75, 3.05) is 0 Å². The highest BCUT2D eigenvalue weighted by atomic mass is 79.9. The van der Waals surface area contributed by atoms with Crippen LogP contribution in [0.3, 0.4) is 0 Å². The Morgan fingerprint density at radius 2 is 0.929 bits per heavy atom. The van der Waals surface area contributed by atoms with Gasteiger partial charge < -0.3 is 18.8 Å². The average Bonchev–Trinajstić information content (AvgIpc) is 3.54. The molecule has 0 aliphatic heterocycles. The smallest absolute Gasteiger partial charge is 0.537 e. The fraction of sp³-hybridized carbons (Fsp3) is 0. The molecule has 6 heteroatoms. The highest BCUT2D eigenvalue weighted by Gasteiger charge is 2.13. The zero-order valence-corrected chi connectivity index (χ0v) is 24.1. The van der Waals surface area contributed by atoms with Crippen LogP contribution in [0.1, 0.15) is 0 Å². The molecule has 2 aromatic heterocycles. The lowest BCUT2D eigenvalue weighted by molar-refractivity contribution is 0.454. The van der Waals surface area contributed by atoms with Gasteiger partial charge in [-0.05, 0) is 60.7 Å². The summed E-state index contributed by atoms with van der Waals surface area (Å²) in [6, 6.07) is 49.9. The second kappa shape index (κ2) is 11.2. The molecule has 0 aliphatic carbocycles. The van der Waals surface area contributed by atoms with E-state index in [1.54, 1.807) is 0 Å². The molecule has 0 aliphatic rings. The number of fused-ring (bicyclic) bond motifs is 6. The Kier molecular flexibility index (Phi) is 7.00. The van der Waals surface area contributed by atoms with E-state index in [2.05, 4.69) is 116 Å². The van der Waals surface area contributed by atoms with Gasteiger partial charge >= 0.3 is 7.69 Å². The van der Waals surface area contributed by atoms with Crippen molar-refractivity contribution in [2.24, 2.45) is 0 Å². The number of halogens is 1. The molecule has 201 valence electrons. The summed E-state index contributed by atoms with van der Waals surface area (Å²) < 4.78 is 10.7. The lowest BCUT2D eigenvalue weighted by Gasteiger charge is -2.08. The topological polar surface area (TPSA) is 39.3 Å². The van der Waals surface area contributed by atoms with Gasteiger partial charge in [0.2, 0.25) is 0 Å². The van der Waals surface area contributed by atoms with Gasteiger partial charge in [-0.2, -0.15) is 0 Å². The molecule has 6 aromatic carbocycles. The van der Waals surface area contributed by atoms with Gasteiger partial charge in [0, 0.05) is 43.5 Å². The van der Waals surface area contributed by atoms with Gasteiger partial charge in [-0.25, -0.2) is 0 Å². The second-order valence-electron chi connectivity index (χ2n) is 9.94. The lowest BCUT2D eigenvalue weighted by Crippen LogP contribution is -2.00. The molecule has 8 aromatic rings. The molecule has 0 amide bonds. The van der Waals surface area contributed by atoms with Crippen LogP contribution in [0, 0.1) is 0 Å². The third-order valence-corrected chi connectivity index (χ3v) is 7.99. The number of rotatable bonds is 4. The molecular formula is C36H25BBrN2O2. The minimum Gasteiger partial charge on any atom is -0.537 e. The highest BCUT2D eigenvalue weighted by Crippen LogP contribution is 2.35. The zero-order chi connectivity index (χ0) is 28.5. The Balaban J connectivity index is 0.000000138. The molecule has 42 heavy (non-hydrogen) atoms. The minimum absolute atomic E-state index is 0.606. The number of para-hydroxylation sites is 4. The highest BCUT2D eigenvalue weighted by molar-refractivity contribution is 9.10. The summed E-state index contributed by atoms with van der Waals surface area (Å²) >= 11 is 3.58. The summed E-state index contributed by atoms with van der Waals surface area (Å²) in [5.74, 6) is 0.606. The first-order valence-corrected chi connectivity index (χ1v) is 14.5. The summed E-state index contributed by atoms with van der Waals surface area (Å²) in [7, 11) is 0.705. The van der Waals surface area contributed by atoms with Gasteiger partial charge in [-0.1, -0.05) is 94.8 Å². The average molecular weight is 608 g/mol. The maximum absolute atomic E-state index is 8.86. The molecule has 0 bridgehead atoms. The third-order valence-electron chi connectivity index (χ3n) is 7.50. The van der Waals surface area contributed by atoms with Crippen LogP contribution in [-0.4, -0.2) is 21.8 Å². The van der Waals surface area contributed by atoms with Crippen molar-refractivity contribution >= 4 is 67.2 Å². The molecule has 0 saturated carbocycles. The van der Waals surface area contributed by atoms with Crippen LogP contribution in [0.15, 0.2) is 150 Å². The monoisotopic (exact) mass is 607 g/mol. The van der Waals surface area contributed by atoms with Crippen LogP contribution in [-0.2, 0) is 0 Å². The van der Waals surface area contributed by atoms with Crippen molar-refractivity contribution in [2.45, 2.75) is 0 Å². The van der Waals surface area contributed by atoms with Crippen LogP contribution in [0.25, 0.3) is 55.0 Å². The van der Waals surface area contributed by atoms with E-state index in [0.29, 0.717) is 13.4 Å². The van der Waals surface area contributed by atoms with Crippen LogP contribution in [0.4, 0.5) is 0 Å². The summed E-state index contributed by atoms with van der Waals surface area (Å²) in [5.41, 5.74) is 6.95. The van der Waals surface area contributed by atoms with E-state index in [1.165, 1.54) is 32.9 Å². The molecule has 0 atom stereocenters. The van der Waals surface area contributed by atoms with E-state index >= 15 is 0 Å². The minimum atomic E-state index is 0.606. The maximum Gasteiger partial charge on any atom is 0.569 e. The molecular weight excluding hydrogens is 583 g/mol. The fourth-order valence-electron chi connectivity index (χ4n) is 5.74. The Hall–Kier alpha value is -4.78. The van der Waals surface area contributed by atoms with E-state index in [1.807, 2.05) is 54.6 Å². The fourth-order valence-corrected chi connectivity index (χ4v) is 6.09. The van der Waals surface area contributed by atoms with Gasteiger partial charge in [0.15, 0.2) is 0 Å². The van der Waals surface area contributed by atoms with E-state index in [0.717, 1.165) is 26.6 Å². The van der Waals surface area contributed by atoms with Gasteiger partial charge in [0.25, 0.3) is 0 Å². The third kappa shape index (κ3) is 4.65. The van der Waals surface area contributed by atoms with E-state index in [-0.39, 0.29) is 0 Å². The Bertz CT molecular complexity index is 2170. The first-order chi connectivity index (χ1) is 20.7. The zero-order valence-electron chi connectivity index (χ0n) is 22.6. The first kappa shape index (κ1) is 26.1. The SMILES string of the molecule is Brc1ccc2c3ccccc3n(-c3ccccc3)c2c1.O[B]Oc1ccc2c3ccccc3n(-c3ccccc3)c2c1. The maximum atomic E-state index is 8.86. The van der Waals surface area contributed by atoms with Crippen LogP contribution in [0.5, 0.6) is 5.75 Å². The molecule has 4 nitrogen and oxygen atoms in total. The molecule has 8 rings (SSSR count). The first-order valence-electron chi connectivity index (χ1n) is 13.7. The standard InChI is InChI=1S/C18H13BNO2.C18H12BrN/c21-19-22-14-10-11-16-15-8-4-5-9-17(15)20(18(16)12-14)13-6-2-1-3-7-13;19-13-10-11-16-15-8-4-5-9-17(15)20(18(16)12-13)14-6-2-1-3-7-14/h1-12,21H;1-12H. The quantitative estimate of drug-likeness (QED) is 0.203. The summed E-state index contributed by atoms with van der Waals surface area (Å²) in [5, 5.41) is 13.8. The van der Waals surface area contributed by atoms with Crippen molar-refractivity contribution in [1.29, 1.82) is 0 Å². The summed E-state index contributed by atoms with van der Waals surface area (Å²) in [6.07, 6.45) is 0. The van der Waals surface area contributed by atoms with Gasteiger partial charge in [-0.3, -0.25) is 0 Å². The van der Waals surface area contributed by atoms with Gasteiger partial charge in [-0.15, -0.1) is 0 Å². The summed E-state index contributed by atoms with van der Waals surface area (Å²) in [4.78, 5) is 0. The Labute approximate surface area is 252 Å². The Morgan fingerprint density at radius 1 is 0.476 bits per heavy atom. The van der Waals surface area contributed by atoms with Crippen LogP contribution < -0.4 is 4.65 Å². The normalized spacial score (nSPS) is 11.1. The van der Waals surface area contributed by atoms with Gasteiger partial charge in [0.1, 0.15) is 5.75 Å². The van der Waals surface area contributed by atoms with Crippen LogP contribution in [0.2, 0.25) is 0 Å². The predicted molar refractivity (Wildman–Crippen MR) is 178 cm³/mol. The largest absolute Gasteiger partial charge is 0.569 e. The molecule has 0 saturated heterocycles. The number of benzene rings is 6. The van der Waals surface area contributed by atoms with Gasteiger partial charge in [0.05, 0.1) is 22.1 Å². The van der Waals surface area contributed by atoms with Crippen molar-refractivity contribution in [1.82, 2.24) is 9.13 Å². The van der Waals surface area contributed by atoms with Crippen molar-refractivity contribution in [3.05, 3.63) is 150 Å². The molecule has 2 heterocycles. The number of aromatic nitrogens is 2. The lowest BCUT2D eigenvalue weighted by atomic mass is 10.1. The van der Waals surface area contributed by atoms with Crippen LogP contribution >= 0.6 is 15.9 Å². The molecule has 1 radical (unpaired) electrons. The second-order valence-corrected chi connectivity index (χ2v) is 10.9. The van der Waals surface area contributed by atoms with E-state index in [9.17, 15) is 0 Å². The van der Waals surface area contributed by atoms with E-state index in [4.69, 9.17) is 9.68 Å². The summed E-state index contributed by atoms with van der Waals surface area (Å²) in [6.45, 7) is 0. The van der Waals surface area contributed by atoms with E-state index < -0.39 is 0 Å². The molecule has 0 unspecified atom stereocenters. The molecule has 0 spiro atoms. The van der Waals surface area contributed by atoms with Crippen molar-refractivity contribution < 1.29 is 9.68 Å². The number of nitrogens with zero attached hydrogens (tertiary/aromatic N) is 2. The van der Waals surface area contributed by atoms with Crippen molar-refractivity contribution in [3.8, 4) is 17.1 Å².